The van der Waals surface area contributed by atoms with E-state index in [1.807, 2.05) is 12.1 Å². The third-order valence-electron chi connectivity index (χ3n) is 3.94. The van der Waals surface area contributed by atoms with E-state index in [1.165, 1.54) is 0 Å². The fourth-order valence-corrected chi connectivity index (χ4v) is 3.24. The van der Waals surface area contributed by atoms with Crippen LogP contribution in [0, 0.1) is 0 Å². The van der Waals surface area contributed by atoms with Gasteiger partial charge in [0.2, 0.25) is 5.91 Å². The number of nitrogens with zero attached hydrogens (tertiary/aromatic N) is 1. The van der Waals surface area contributed by atoms with E-state index in [2.05, 4.69) is 4.90 Å². The second kappa shape index (κ2) is 6.12. The van der Waals surface area contributed by atoms with Gasteiger partial charge in [0.1, 0.15) is 0 Å². The highest BCUT2D eigenvalue weighted by molar-refractivity contribution is 6.32. The summed E-state index contributed by atoms with van der Waals surface area (Å²) in [6, 6.07) is 3.65. The lowest BCUT2D eigenvalue weighted by Gasteiger charge is -2.22. The molecule has 0 unspecified atom stereocenters. The van der Waals surface area contributed by atoms with E-state index in [0.717, 1.165) is 31.4 Å². The normalized spacial score (nSPS) is 22.0. The van der Waals surface area contributed by atoms with Gasteiger partial charge in [0, 0.05) is 13.0 Å². The molecule has 2 aliphatic heterocycles. The average molecular weight is 311 g/mol. The van der Waals surface area contributed by atoms with Crippen molar-refractivity contribution in [1.29, 1.82) is 0 Å². The number of primary amides is 1. The summed E-state index contributed by atoms with van der Waals surface area (Å²) in [6.07, 6.45) is 2.66. The zero-order valence-corrected chi connectivity index (χ0v) is 12.6. The van der Waals surface area contributed by atoms with Crippen LogP contribution in [0.2, 0.25) is 5.02 Å². The van der Waals surface area contributed by atoms with Crippen LogP contribution in [0.5, 0.6) is 11.5 Å². The predicted octanol–water partition coefficient (Wildman–Crippen LogP) is 1.95. The lowest BCUT2D eigenvalue weighted by atomic mass is 10.1. The molecule has 1 atom stereocenters. The van der Waals surface area contributed by atoms with Gasteiger partial charge in [-0.2, -0.15) is 0 Å². The summed E-state index contributed by atoms with van der Waals surface area (Å²) < 4.78 is 11.3. The van der Waals surface area contributed by atoms with Crippen LogP contribution < -0.4 is 15.2 Å². The van der Waals surface area contributed by atoms with E-state index >= 15 is 0 Å². The van der Waals surface area contributed by atoms with Crippen molar-refractivity contribution >= 4 is 17.5 Å². The molecule has 0 bridgehead atoms. The second-order valence-corrected chi connectivity index (χ2v) is 5.89. The molecule has 0 saturated carbocycles. The molecule has 21 heavy (non-hydrogen) atoms. The molecule has 1 fully saturated rings. The maximum atomic E-state index is 11.5. The number of carbonyl (C=O) groups is 1. The standard InChI is InChI=1S/C15H19ClN2O3/c16-11-7-10(8-13-14(11)21-6-2-5-20-13)9-18-4-1-3-12(18)15(17)19/h7-8,12H,1-6,9H2,(H2,17,19)/t12-/m1/s1. The van der Waals surface area contributed by atoms with E-state index in [4.69, 9.17) is 26.8 Å². The predicted molar refractivity (Wildman–Crippen MR) is 79.7 cm³/mol. The molecular weight excluding hydrogens is 292 g/mol. The van der Waals surface area contributed by atoms with Crippen LogP contribution in [-0.4, -0.2) is 36.6 Å². The summed E-state index contributed by atoms with van der Waals surface area (Å²) in [6.45, 7) is 2.76. The first kappa shape index (κ1) is 14.5. The van der Waals surface area contributed by atoms with Crippen molar-refractivity contribution in [2.45, 2.75) is 31.8 Å². The molecule has 0 aliphatic carbocycles. The number of carbonyl (C=O) groups excluding carboxylic acids is 1. The molecule has 0 aromatic heterocycles. The van der Waals surface area contributed by atoms with Crippen molar-refractivity contribution in [3.8, 4) is 11.5 Å². The average Bonchev–Trinajstić information content (AvgIpc) is 2.76. The Morgan fingerprint density at radius 2 is 2.14 bits per heavy atom. The molecule has 2 aliphatic rings. The molecule has 0 radical (unpaired) electrons. The molecule has 2 heterocycles. The van der Waals surface area contributed by atoms with Gasteiger partial charge in [-0.15, -0.1) is 0 Å². The summed E-state index contributed by atoms with van der Waals surface area (Å²) in [7, 11) is 0. The van der Waals surface area contributed by atoms with E-state index in [1.54, 1.807) is 0 Å². The van der Waals surface area contributed by atoms with Gasteiger partial charge in [-0.3, -0.25) is 9.69 Å². The van der Waals surface area contributed by atoms with Crippen molar-refractivity contribution < 1.29 is 14.3 Å². The molecule has 1 aromatic carbocycles. The highest BCUT2D eigenvalue weighted by Gasteiger charge is 2.29. The lowest BCUT2D eigenvalue weighted by molar-refractivity contribution is -0.122. The zero-order chi connectivity index (χ0) is 14.8. The van der Waals surface area contributed by atoms with E-state index < -0.39 is 0 Å². The number of benzene rings is 1. The van der Waals surface area contributed by atoms with Gasteiger partial charge in [0.25, 0.3) is 0 Å². The first-order chi connectivity index (χ1) is 10.1. The van der Waals surface area contributed by atoms with Crippen molar-refractivity contribution in [3.63, 3.8) is 0 Å². The third kappa shape index (κ3) is 3.09. The molecule has 3 rings (SSSR count). The summed E-state index contributed by atoms with van der Waals surface area (Å²) in [5.41, 5.74) is 6.46. The number of hydrogen-bond acceptors (Lipinski definition) is 4. The van der Waals surface area contributed by atoms with Gasteiger partial charge < -0.3 is 15.2 Å². The Bertz CT molecular complexity index is 550. The first-order valence-electron chi connectivity index (χ1n) is 7.26. The van der Waals surface area contributed by atoms with Crippen molar-refractivity contribution in [2.75, 3.05) is 19.8 Å². The van der Waals surface area contributed by atoms with Gasteiger partial charge in [-0.25, -0.2) is 0 Å². The molecule has 114 valence electrons. The van der Waals surface area contributed by atoms with Crippen LogP contribution in [-0.2, 0) is 11.3 Å². The highest BCUT2D eigenvalue weighted by Crippen LogP contribution is 2.38. The van der Waals surface area contributed by atoms with E-state index in [9.17, 15) is 4.79 Å². The van der Waals surface area contributed by atoms with Crippen LogP contribution in [0.1, 0.15) is 24.8 Å². The summed E-state index contributed by atoms with van der Waals surface area (Å²) in [5, 5.41) is 0.555. The number of hydrogen-bond donors (Lipinski definition) is 1. The summed E-state index contributed by atoms with van der Waals surface area (Å²) in [4.78, 5) is 13.6. The number of ether oxygens (including phenoxy) is 2. The van der Waals surface area contributed by atoms with Gasteiger partial charge in [0.05, 0.1) is 24.3 Å². The topological polar surface area (TPSA) is 64.8 Å². The van der Waals surface area contributed by atoms with E-state index in [0.29, 0.717) is 36.3 Å². The van der Waals surface area contributed by atoms with Crippen LogP contribution >= 0.6 is 11.6 Å². The Labute approximate surface area is 128 Å². The second-order valence-electron chi connectivity index (χ2n) is 5.49. The zero-order valence-electron chi connectivity index (χ0n) is 11.8. The van der Waals surface area contributed by atoms with Gasteiger partial charge >= 0.3 is 0 Å². The molecule has 5 nitrogen and oxygen atoms in total. The number of fused-ring (bicyclic) bond motifs is 1. The Kier molecular flexibility index (Phi) is 4.22. The van der Waals surface area contributed by atoms with Crippen molar-refractivity contribution in [2.24, 2.45) is 5.73 Å². The molecule has 0 spiro atoms. The molecule has 2 N–H and O–H groups in total. The molecule has 1 saturated heterocycles. The Morgan fingerprint density at radius 1 is 1.33 bits per heavy atom. The summed E-state index contributed by atoms with van der Waals surface area (Å²) >= 11 is 6.29. The van der Waals surface area contributed by atoms with Crippen LogP contribution in [0.3, 0.4) is 0 Å². The molecule has 1 aromatic rings. The Balaban J connectivity index is 1.81. The largest absolute Gasteiger partial charge is 0.489 e. The number of likely N-dealkylation sites (tertiary alicyclic amines) is 1. The van der Waals surface area contributed by atoms with Crippen molar-refractivity contribution in [1.82, 2.24) is 4.90 Å². The number of halogens is 1. The number of nitrogens with two attached hydrogens (primary N) is 1. The van der Waals surface area contributed by atoms with Crippen LogP contribution in [0.15, 0.2) is 12.1 Å². The fourth-order valence-electron chi connectivity index (χ4n) is 2.95. The van der Waals surface area contributed by atoms with Crippen LogP contribution in [0.4, 0.5) is 0 Å². The maximum absolute atomic E-state index is 11.5. The lowest BCUT2D eigenvalue weighted by Crippen LogP contribution is -2.39. The SMILES string of the molecule is NC(=O)[C@H]1CCCN1Cc1cc(Cl)c2c(c1)OCCCO2. The smallest absolute Gasteiger partial charge is 0.234 e. The minimum absolute atomic E-state index is 0.181. The third-order valence-corrected chi connectivity index (χ3v) is 4.22. The first-order valence-corrected chi connectivity index (χ1v) is 7.64. The minimum atomic E-state index is -0.257. The number of rotatable bonds is 3. The minimum Gasteiger partial charge on any atom is -0.489 e. The highest BCUT2D eigenvalue weighted by atomic mass is 35.5. The molecule has 1 amide bonds. The van der Waals surface area contributed by atoms with Gasteiger partial charge in [-0.05, 0) is 37.1 Å². The number of amides is 1. The fraction of sp³-hybridized carbons (Fsp3) is 0.533. The van der Waals surface area contributed by atoms with Crippen LogP contribution in [0.25, 0.3) is 0 Å². The maximum Gasteiger partial charge on any atom is 0.234 e. The van der Waals surface area contributed by atoms with Gasteiger partial charge in [0.15, 0.2) is 11.5 Å². The Hall–Kier alpha value is -1.46. The monoisotopic (exact) mass is 310 g/mol. The quantitative estimate of drug-likeness (QED) is 0.927. The van der Waals surface area contributed by atoms with Crippen molar-refractivity contribution in [3.05, 3.63) is 22.7 Å². The molecular formula is C15H19ClN2O3. The summed E-state index contributed by atoms with van der Waals surface area (Å²) in [5.74, 6) is 1.04. The van der Waals surface area contributed by atoms with Gasteiger partial charge in [-0.1, -0.05) is 11.6 Å². The molecule has 6 heteroatoms. The Morgan fingerprint density at radius 3 is 2.95 bits per heavy atom. The van der Waals surface area contributed by atoms with E-state index in [-0.39, 0.29) is 11.9 Å².